The van der Waals surface area contributed by atoms with Crippen LogP contribution in [0.25, 0.3) is 0 Å². The molecular formula is C10H18ClN3S. The zero-order chi connectivity index (χ0) is 11.3. The molecule has 1 aromatic rings. The third-order valence-electron chi connectivity index (χ3n) is 2.07. The molecule has 0 fully saturated rings. The van der Waals surface area contributed by atoms with Crippen molar-refractivity contribution in [1.29, 1.82) is 0 Å². The minimum Gasteiger partial charge on any atom is -0.308 e. The van der Waals surface area contributed by atoms with Gasteiger partial charge in [-0.3, -0.25) is 4.90 Å². The maximum atomic E-state index is 5.70. The molecule has 0 aliphatic rings. The predicted octanol–water partition coefficient (Wildman–Crippen LogP) is 1.88. The molecule has 0 aliphatic carbocycles. The van der Waals surface area contributed by atoms with Gasteiger partial charge in [-0.05, 0) is 21.1 Å². The van der Waals surface area contributed by atoms with Gasteiger partial charge in [0.2, 0.25) is 0 Å². The molecule has 0 radical (unpaired) electrons. The van der Waals surface area contributed by atoms with Crippen molar-refractivity contribution in [2.45, 2.75) is 12.4 Å². The van der Waals surface area contributed by atoms with Gasteiger partial charge in [0.25, 0.3) is 0 Å². The molecule has 0 bridgehead atoms. The molecule has 1 heterocycles. The summed E-state index contributed by atoms with van der Waals surface area (Å²) in [6.45, 7) is 3.04. The second-order valence-electron chi connectivity index (χ2n) is 3.91. The molecular weight excluding hydrogens is 230 g/mol. The summed E-state index contributed by atoms with van der Waals surface area (Å²) < 4.78 is 0. The van der Waals surface area contributed by atoms with Crippen molar-refractivity contribution in [3.8, 4) is 0 Å². The van der Waals surface area contributed by atoms with E-state index in [1.54, 1.807) is 11.3 Å². The Morgan fingerprint density at radius 2 is 2.07 bits per heavy atom. The van der Waals surface area contributed by atoms with Gasteiger partial charge in [0.05, 0.1) is 18.1 Å². The highest BCUT2D eigenvalue weighted by Crippen LogP contribution is 2.12. The molecule has 0 atom stereocenters. The topological polar surface area (TPSA) is 19.4 Å². The highest BCUT2D eigenvalue weighted by Gasteiger charge is 2.05. The lowest BCUT2D eigenvalue weighted by Gasteiger charge is -2.17. The van der Waals surface area contributed by atoms with Crippen LogP contribution in [0.5, 0.6) is 0 Å². The number of hydrogen-bond donors (Lipinski definition) is 0. The van der Waals surface area contributed by atoms with Crippen LogP contribution in [0.2, 0.25) is 0 Å². The lowest BCUT2D eigenvalue weighted by Crippen LogP contribution is -2.28. The molecule has 0 saturated heterocycles. The molecule has 86 valence electrons. The highest BCUT2D eigenvalue weighted by atomic mass is 35.5. The van der Waals surface area contributed by atoms with Gasteiger partial charge in [-0.2, -0.15) is 0 Å². The van der Waals surface area contributed by atoms with E-state index in [-0.39, 0.29) is 0 Å². The molecule has 0 N–H and O–H groups in total. The van der Waals surface area contributed by atoms with Crippen molar-refractivity contribution < 1.29 is 0 Å². The molecule has 5 heteroatoms. The average molecular weight is 248 g/mol. The number of thiazole rings is 1. The number of rotatable bonds is 6. The lowest BCUT2D eigenvalue weighted by atomic mass is 10.5. The fourth-order valence-corrected chi connectivity index (χ4v) is 2.26. The minimum atomic E-state index is 0.512. The van der Waals surface area contributed by atoms with Crippen LogP contribution in [0.15, 0.2) is 5.38 Å². The van der Waals surface area contributed by atoms with Gasteiger partial charge >= 0.3 is 0 Å². The average Bonchev–Trinajstić information content (AvgIpc) is 2.62. The van der Waals surface area contributed by atoms with E-state index < -0.39 is 0 Å². The van der Waals surface area contributed by atoms with Gasteiger partial charge in [0.15, 0.2) is 0 Å². The van der Waals surface area contributed by atoms with Crippen molar-refractivity contribution in [2.24, 2.45) is 0 Å². The molecule has 0 unspecified atom stereocenters. The Labute approximate surface area is 101 Å². The maximum absolute atomic E-state index is 5.70. The van der Waals surface area contributed by atoms with Crippen molar-refractivity contribution in [3.05, 3.63) is 16.1 Å². The zero-order valence-corrected chi connectivity index (χ0v) is 11.1. The second kappa shape index (κ2) is 6.43. The van der Waals surface area contributed by atoms with Gasteiger partial charge in [-0.15, -0.1) is 22.9 Å². The molecule has 15 heavy (non-hydrogen) atoms. The number of hydrogen-bond acceptors (Lipinski definition) is 4. The Morgan fingerprint density at radius 3 is 2.60 bits per heavy atom. The van der Waals surface area contributed by atoms with E-state index in [0.717, 1.165) is 30.3 Å². The molecule has 0 spiro atoms. The van der Waals surface area contributed by atoms with Crippen LogP contribution in [0, 0.1) is 0 Å². The first kappa shape index (κ1) is 12.9. The van der Waals surface area contributed by atoms with Crippen LogP contribution in [0.3, 0.4) is 0 Å². The summed E-state index contributed by atoms with van der Waals surface area (Å²) in [6.07, 6.45) is 0. The van der Waals surface area contributed by atoms with E-state index >= 15 is 0 Å². The first-order valence-corrected chi connectivity index (χ1v) is 6.35. The molecule has 0 aliphatic heterocycles. The van der Waals surface area contributed by atoms with Crippen molar-refractivity contribution in [1.82, 2.24) is 14.8 Å². The van der Waals surface area contributed by atoms with Crippen LogP contribution in [0.1, 0.15) is 10.7 Å². The fourth-order valence-electron chi connectivity index (χ4n) is 1.16. The normalized spacial score (nSPS) is 11.6. The Morgan fingerprint density at radius 1 is 1.33 bits per heavy atom. The lowest BCUT2D eigenvalue weighted by molar-refractivity contribution is 0.276. The third kappa shape index (κ3) is 4.93. The van der Waals surface area contributed by atoms with E-state index in [1.165, 1.54) is 0 Å². The molecule has 0 amide bonds. The molecule has 1 rings (SSSR count). The summed E-state index contributed by atoms with van der Waals surface area (Å²) in [4.78, 5) is 8.88. The van der Waals surface area contributed by atoms with Crippen molar-refractivity contribution in [2.75, 3.05) is 34.2 Å². The standard InChI is InChI=1S/C10H18ClN3S/c1-13(2)4-5-14(3)7-10-12-9(6-11)8-15-10/h8H,4-7H2,1-3H3. The van der Waals surface area contributed by atoms with Gasteiger partial charge in [0, 0.05) is 18.5 Å². The summed E-state index contributed by atoms with van der Waals surface area (Å²) in [7, 11) is 6.29. The van der Waals surface area contributed by atoms with Gasteiger partial charge in [0.1, 0.15) is 5.01 Å². The SMILES string of the molecule is CN(C)CCN(C)Cc1nc(CCl)cs1. The fraction of sp³-hybridized carbons (Fsp3) is 0.700. The van der Waals surface area contributed by atoms with Crippen LogP contribution >= 0.6 is 22.9 Å². The van der Waals surface area contributed by atoms with Crippen LogP contribution in [0.4, 0.5) is 0 Å². The zero-order valence-electron chi connectivity index (χ0n) is 9.53. The largest absolute Gasteiger partial charge is 0.308 e. The van der Waals surface area contributed by atoms with E-state index in [1.807, 2.05) is 5.38 Å². The first-order chi connectivity index (χ1) is 7.11. The second-order valence-corrected chi connectivity index (χ2v) is 5.12. The molecule has 0 saturated carbocycles. The Bertz CT molecular complexity index is 288. The van der Waals surface area contributed by atoms with Gasteiger partial charge < -0.3 is 4.90 Å². The monoisotopic (exact) mass is 247 g/mol. The molecule has 1 aromatic heterocycles. The van der Waals surface area contributed by atoms with Crippen LogP contribution in [-0.4, -0.2) is 49.0 Å². The van der Waals surface area contributed by atoms with Crippen LogP contribution in [-0.2, 0) is 12.4 Å². The Hall–Kier alpha value is -0.160. The minimum absolute atomic E-state index is 0.512. The maximum Gasteiger partial charge on any atom is 0.107 e. The third-order valence-corrected chi connectivity index (χ3v) is 3.23. The van der Waals surface area contributed by atoms with E-state index in [4.69, 9.17) is 11.6 Å². The smallest absolute Gasteiger partial charge is 0.107 e. The predicted molar refractivity (Wildman–Crippen MR) is 66.6 cm³/mol. The molecule has 3 nitrogen and oxygen atoms in total. The Balaban J connectivity index is 2.33. The molecule has 0 aromatic carbocycles. The highest BCUT2D eigenvalue weighted by molar-refractivity contribution is 7.09. The summed E-state index contributed by atoms with van der Waals surface area (Å²) in [5.74, 6) is 0.512. The van der Waals surface area contributed by atoms with E-state index in [2.05, 4.69) is 35.9 Å². The number of nitrogens with zero attached hydrogens (tertiary/aromatic N) is 3. The summed E-state index contributed by atoms with van der Waals surface area (Å²) in [6, 6.07) is 0. The van der Waals surface area contributed by atoms with Crippen LogP contribution < -0.4 is 0 Å². The first-order valence-electron chi connectivity index (χ1n) is 4.94. The van der Waals surface area contributed by atoms with E-state index in [0.29, 0.717) is 5.88 Å². The van der Waals surface area contributed by atoms with Crippen molar-refractivity contribution >= 4 is 22.9 Å². The van der Waals surface area contributed by atoms with Gasteiger partial charge in [-0.25, -0.2) is 4.98 Å². The number of halogens is 1. The summed E-state index contributed by atoms with van der Waals surface area (Å²) in [5.41, 5.74) is 0.984. The number of alkyl halides is 1. The number of likely N-dealkylation sites (N-methyl/N-ethyl adjacent to an activating group) is 2. The van der Waals surface area contributed by atoms with E-state index in [9.17, 15) is 0 Å². The van der Waals surface area contributed by atoms with Crippen molar-refractivity contribution in [3.63, 3.8) is 0 Å². The Kier molecular flexibility index (Phi) is 5.53. The summed E-state index contributed by atoms with van der Waals surface area (Å²) in [5, 5.41) is 3.18. The quantitative estimate of drug-likeness (QED) is 0.716. The number of aromatic nitrogens is 1. The summed E-state index contributed by atoms with van der Waals surface area (Å²) >= 11 is 7.39. The van der Waals surface area contributed by atoms with Gasteiger partial charge in [-0.1, -0.05) is 0 Å².